The molecule has 1 amide bonds. The fourth-order valence-electron chi connectivity index (χ4n) is 1.98. The summed E-state index contributed by atoms with van der Waals surface area (Å²) in [7, 11) is 0. The van der Waals surface area contributed by atoms with Crippen molar-refractivity contribution < 1.29 is 14.3 Å². The minimum atomic E-state index is -0.402. The van der Waals surface area contributed by atoms with Crippen LogP contribution in [0.25, 0.3) is 0 Å². The highest BCUT2D eigenvalue weighted by Crippen LogP contribution is 2.32. The third-order valence-corrected chi connectivity index (χ3v) is 3.15. The van der Waals surface area contributed by atoms with Crippen LogP contribution >= 0.6 is 0 Å². The Bertz CT molecular complexity index is 497. The number of aromatic nitrogens is 1. The number of fused-ring (bicyclic) bond motifs is 1. The molecule has 0 fully saturated rings. The van der Waals surface area contributed by atoms with E-state index in [-0.39, 0.29) is 5.91 Å². The quantitative estimate of drug-likeness (QED) is 0.650. The molecule has 1 N–H and O–H groups in total. The van der Waals surface area contributed by atoms with Crippen molar-refractivity contribution in [1.82, 2.24) is 4.98 Å². The third kappa shape index (κ3) is 3.10. The highest BCUT2D eigenvalue weighted by molar-refractivity contribution is 5.97. The minimum Gasteiger partial charge on any atom is -0.478 e. The number of pyridine rings is 1. The second-order valence-corrected chi connectivity index (χ2v) is 5.33. The van der Waals surface area contributed by atoms with E-state index in [9.17, 15) is 9.59 Å². The summed E-state index contributed by atoms with van der Waals surface area (Å²) in [6.07, 6.45) is 2.69. The summed E-state index contributed by atoms with van der Waals surface area (Å²) in [5.41, 5.74) is 0.617. The molecule has 1 aliphatic rings. The molecule has 0 atom stereocenters. The average molecular weight is 262 g/mol. The zero-order valence-electron chi connectivity index (χ0n) is 11.2. The van der Waals surface area contributed by atoms with Gasteiger partial charge < -0.3 is 14.8 Å². The third-order valence-electron chi connectivity index (χ3n) is 3.15. The van der Waals surface area contributed by atoms with E-state index in [0.717, 1.165) is 11.8 Å². The molecule has 2 rings (SSSR count). The van der Waals surface area contributed by atoms with Crippen LogP contribution in [0.15, 0.2) is 12.1 Å². The van der Waals surface area contributed by atoms with Crippen LogP contribution in [0.3, 0.4) is 0 Å². The number of ether oxygens (including phenoxy) is 1. The molecular formula is C14H18N2O3. The molecule has 0 radical (unpaired) electrons. The molecule has 2 heterocycles. The lowest BCUT2D eigenvalue weighted by Crippen LogP contribution is -2.37. The number of carbonyl (C=O) groups is 2. The molecule has 102 valence electrons. The molecule has 0 saturated heterocycles. The largest absolute Gasteiger partial charge is 0.478 e. The maximum Gasteiger partial charge on any atom is 0.231 e. The minimum absolute atomic E-state index is 0.0226. The van der Waals surface area contributed by atoms with Crippen LogP contribution in [0, 0.1) is 5.41 Å². The van der Waals surface area contributed by atoms with Crippen molar-refractivity contribution in [3.63, 3.8) is 0 Å². The Morgan fingerprint density at radius 2 is 2.26 bits per heavy atom. The van der Waals surface area contributed by atoms with Gasteiger partial charge in [-0.15, -0.1) is 0 Å². The summed E-state index contributed by atoms with van der Waals surface area (Å²) in [5, 5.41) is 2.81. The lowest BCUT2D eigenvalue weighted by Gasteiger charge is -2.29. The first-order valence-electron chi connectivity index (χ1n) is 6.41. The number of hydrogen-bond donors (Lipinski definition) is 1. The average Bonchev–Trinajstić information content (AvgIpc) is 2.36. The summed E-state index contributed by atoms with van der Waals surface area (Å²) in [4.78, 5) is 26.3. The van der Waals surface area contributed by atoms with Crippen molar-refractivity contribution >= 4 is 18.0 Å². The first-order chi connectivity index (χ1) is 9.03. The van der Waals surface area contributed by atoms with Gasteiger partial charge in [-0.25, -0.2) is 0 Å². The molecule has 1 aromatic rings. The number of nitrogens with one attached hydrogen (secondary N) is 1. The first-order valence-corrected chi connectivity index (χ1v) is 6.41. The van der Waals surface area contributed by atoms with Gasteiger partial charge in [0, 0.05) is 17.9 Å². The second kappa shape index (κ2) is 5.38. The summed E-state index contributed by atoms with van der Waals surface area (Å²) in [6.45, 7) is 4.27. The number of nitrogens with zero attached hydrogens (tertiary/aromatic N) is 1. The van der Waals surface area contributed by atoms with Crippen LogP contribution in [0.1, 0.15) is 32.3 Å². The highest BCUT2D eigenvalue weighted by atomic mass is 16.5. The van der Waals surface area contributed by atoms with Crippen LogP contribution in [0.4, 0.5) is 5.82 Å². The summed E-state index contributed by atoms with van der Waals surface area (Å²) in [5.74, 6) is 1.03. The molecule has 5 heteroatoms. The van der Waals surface area contributed by atoms with Crippen molar-refractivity contribution in [2.24, 2.45) is 5.41 Å². The van der Waals surface area contributed by atoms with E-state index < -0.39 is 5.41 Å². The Kier molecular flexibility index (Phi) is 3.83. The van der Waals surface area contributed by atoms with Gasteiger partial charge in [0.25, 0.3) is 0 Å². The van der Waals surface area contributed by atoms with E-state index in [1.54, 1.807) is 6.07 Å². The predicted octanol–water partition coefficient (Wildman–Crippen LogP) is 1.96. The van der Waals surface area contributed by atoms with E-state index in [1.165, 1.54) is 0 Å². The van der Waals surface area contributed by atoms with Crippen molar-refractivity contribution in [3.8, 4) is 5.88 Å². The highest BCUT2D eigenvalue weighted by Gasteiger charge is 2.34. The van der Waals surface area contributed by atoms with Gasteiger partial charge >= 0.3 is 0 Å². The van der Waals surface area contributed by atoms with E-state index in [2.05, 4.69) is 10.3 Å². The number of amides is 1. The lowest BCUT2D eigenvalue weighted by molar-refractivity contribution is -0.124. The zero-order valence-corrected chi connectivity index (χ0v) is 11.2. The number of anilines is 1. The monoisotopic (exact) mass is 262 g/mol. The van der Waals surface area contributed by atoms with E-state index >= 15 is 0 Å². The maximum atomic E-state index is 11.9. The summed E-state index contributed by atoms with van der Waals surface area (Å²) in [6, 6.07) is 3.73. The van der Waals surface area contributed by atoms with Crippen molar-refractivity contribution in [3.05, 3.63) is 17.7 Å². The Hall–Kier alpha value is -1.91. The Morgan fingerprint density at radius 3 is 3.00 bits per heavy atom. The van der Waals surface area contributed by atoms with Gasteiger partial charge in [-0.3, -0.25) is 4.79 Å². The smallest absolute Gasteiger partial charge is 0.231 e. The molecule has 19 heavy (non-hydrogen) atoms. The fraction of sp³-hybridized carbons (Fsp3) is 0.500. The summed E-state index contributed by atoms with van der Waals surface area (Å²) >= 11 is 0. The SMILES string of the molecule is CC1(C)Cc2ccc(OCCCC=O)nc2NC1=O. The molecule has 0 unspecified atom stereocenters. The molecule has 0 saturated carbocycles. The Morgan fingerprint density at radius 1 is 1.47 bits per heavy atom. The fourth-order valence-corrected chi connectivity index (χ4v) is 1.98. The molecule has 0 aromatic carbocycles. The topological polar surface area (TPSA) is 68.3 Å². The van der Waals surface area contributed by atoms with Gasteiger partial charge in [-0.2, -0.15) is 4.98 Å². The molecular weight excluding hydrogens is 244 g/mol. The van der Waals surface area contributed by atoms with E-state index in [4.69, 9.17) is 4.74 Å². The molecule has 0 aliphatic carbocycles. The standard InChI is InChI=1S/C14H18N2O3/c1-14(2)9-10-5-6-11(19-8-4-3-7-17)15-12(10)16-13(14)18/h5-7H,3-4,8-9H2,1-2H3,(H,15,16,18). The normalized spacial score (nSPS) is 16.4. The zero-order chi connectivity index (χ0) is 13.9. The van der Waals surface area contributed by atoms with Crippen LogP contribution in [-0.2, 0) is 16.0 Å². The predicted molar refractivity (Wildman–Crippen MR) is 71.1 cm³/mol. The van der Waals surface area contributed by atoms with Gasteiger partial charge in [-0.05, 0) is 24.5 Å². The summed E-state index contributed by atoms with van der Waals surface area (Å²) < 4.78 is 5.44. The van der Waals surface area contributed by atoms with Crippen molar-refractivity contribution in [2.45, 2.75) is 33.1 Å². The maximum absolute atomic E-state index is 11.9. The van der Waals surface area contributed by atoms with Crippen LogP contribution in [0.5, 0.6) is 5.88 Å². The molecule has 0 bridgehead atoms. The van der Waals surface area contributed by atoms with Gasteiger partial charge in [-0.1, -0.05) is 13.8 Å². The first kappa shape index (κ1) is 13.5. The van der Waals surface area contributed by atoms with Gasteiger partial charge in [0.1, 0.15) is 12.1 Å². The van der Waals surface area contributed by atoms with Crippen molar-refractivity contribution in [2.75, 3.05) is 11.9 Å². The number of hydrogen-bond acceptors (Lipinski definition) is 4. The lowest BCUT2D eigenvalue weighted by atomic mass is 9.82. The van der Waals surface area contributed by atoms with E-state index in [1.807, 2.05) is 19.9 Å². The second-order valence-electron chi connectivity index (χ2n) is 5.33. The van der Waals surface area contributed by atoms with Gasteiger partial charge in [0.15, 0.2) is 0 Å². The molecule has 1 aliphatic heterocycles. The van der Waals surface area contributed by atoms with Crippen LogP contribution < -0.4 is 10.1 Å². The van der Waals surface area contributed by atoms with E-state index in [0.29, 0.717) is 37.6 Å². The number of aldehydes is 1. The molecule has 5 nitrogen and oxygen atoms in total. The number of carbonyl (C=O) groups excluding carboxylic acids is 2. The number of rotatable bonds is 5. The number of unbranched alkanes of at least 4 members (excludes halogenated alkanes) is 1. The van der Waals surface area contributed by atoms with Crippen LogP contribution in [0.2, 0.25) is 0 Å². The molecule has 0 spiro atoms. The van der Waals surface area contributed by atoms with Crippen molar-refractivity contribution in [1.29, 1.82) is 0 Å². The van der Waals surface area contributed by atoms with Crippen LogP contribution in [-0.4, -0.2) is 23.8 Å². The van der Waals surface area contributed by atoms with Gasteiger partial charge in [0.05, 0.1) is 6.61 Å². The Labute approximate surface area is 112 Å². The van der Waals surface area contributed by atoms with Gasteiger partial charge in [0.2, 0.25) is 11.8 Å². The molecule has 1 aromatic heterocycles. The Balaban J connectivity index is 2.06.